The summed E-state index contributed by atoms with van der Waals surface area (Å²) in [6, 6.07) is 25.1. The zero-order chi connectivity index (χ0) is 31.0. The van der Waals surface area contributed by atoms with Crippen LogP contribution in [0.2, 0.25) is 0 Å². The highest BCUT2D eigenvalue weighted by molar-refractivity contribution is 5.47. The van der Waals surface area contributed by atoms with E-state index in [1.165, 1.54) is 0 Å². The highest BCUT2D eigenvalue weighted by Crippen LogP contribution is 2.45. The second-order valence-corrected chi connectivity index (χ2v) is 12.4. The Bertz CT molecular complexity index is 1250. The molecule has 0 amide bonds. The van der Waals surface area contributed by atoms with Crippen LogP contribution in [0.4, 0.5) is 0 Å². The standard InChI is InChI=1S/C38H48O7/c1-39-33-25-29-27-42-34-17-9-11-19-37(34,31-13-5-3-6-14-31)44-23-21-41-22-24-45-38(32-15-7-4-8-16-32)20-12-10-18-35(38)43-28-30(26-33)36(29)40-2/h3-8,13-16,25-26,34-35H,9-12,17-24,27-28H2,1-2H3/t34-,35-,37-,38-/m1/s1. The molecule has 2 fully saturated rings. The van der Waals surface area contributed by atoms with Gasteiger partial charge in [-0.25, -0.2) is 0 Å². The van der Waals surface area contributed by atoms with Crippen LogP contribution in [-0.4, -0.2) is 52.9 Å². The fraction of sp³-hybridized carbons (Fsp3) is 0.526. The lowest BCUT2D eigenvalue weighted by molar-refractivity contribution is -0.192. The fourth-order valence-corrected chi connectivity index (χ4v) is 7.62. The maximum absolute atomic E-state index is 6.83. The molecule has 242 valence electrons. The minimum atomic E-state index is -0.560. The lowest BCUT2D eigenvalue weighted by Crippen LogP contribution is -2.47. The normalized spacial score (nSPS) is 28.5. The quantitative estimate of drug-likeness (QED) is 0.301. The van der Waals surface area contributed by atoms with Gasteiger partial charge in [0.2, 0.25) is 0 Å². The molecule has 0 spiro atoms. The Hall–Kier alpha value is -2.94. The minimum absolute atomic E-state index is 0.125. The molecule has 7 heteroatoms. The molecule has 3 aliphatic rings. The number of ether oxygens (including phenoxy) is 7. The van der Waals surface area contributed by atoms with Gasteiger partial charge in [-0.1, -0.05) is 86.3 Å². The number of hydrogen-bond acceptors (Lipinski definition) is 7. The molecule has 3 aromatic rings. The van der Waals surface area contributed by atoms with Crippen molar-refractivity contribution in [3.63, 3.8) is 0 Å². The summed E-state index contributed by atoms with van der Waals surface area (Å²) in [5, 5.41) is 0. The number of rotatable bonds is 4. The average Bonchev–Trinajstić information content (AvgIpc) is 3.10. The van der Waals surface area contributed by atoms with Crippen molar-refractivity contribution in [1.29, 1.82) is 0 Å². The van der Waals surface area contributed by atoms with Crippen LogP contribution in [0.5, 0.6) is 11.5 Å². The molecule has 0 radical (unpaired) electrons. The van der Waals surface area contributed by atoms with E-state index in [-0.39, 0.29) is 12.2 Å². The first kappa shape index (κ1) is 32.0. The van der Waals surface area contributed by atoms with Crippen molar-refractivity contribution in [2.75, 3.05) is 40.6 Å². The van der Waals surface area contributed by atoms with Crippen LogP contribution in [-0.2, 0) is 48.1 Å². The molecule has 2 bridgehead atoms. The topological polar surface area (TPSA) is 64.6 Å². The van der Waals surface area contributed by atoms with E-state index in [9.17, 15) is 0 Å². The monoisotopic (exact) mass is 616 g/mol. The van der Waals surface area contributed by atoms with Gasteiger partial charge >= 0.3 is 0 Å². The summed E-state index contributed by atoms with van der Waals surface area (Å²) in [5.74, 6) is 1.53. The van der Waals surface area contributed by atoms with Gasteiger partial charge in [-0.05, 0) is 48.9 Å². The number of fused-ring (bicyclic) bond motifs is 4. The maximum Gasteiger partial charge on any atom is 0.130 e. The van der Waals surface area contributed by atoms with Gasteiger partial charge in [0.1, 0.15) is 22.7 Å². The van der Waals surface area contributed by atoms with Crippen molar-refractivity contribution in [3.05, 3.63) is 95.1 Å². The summed E-state index contributed by atoms with van der Waals surface area (Å²) in [6.07, 6.45) is 7.70. The molecule has 1 heterocycles. The van der Waals surface area contributed by atoms with Gasteiger partial charge in [-0.2, -0.15) is 0 Å². The number of hydrogen-bond donors (Lipinski definition) is 0. The number of methoxy groups -OCH3 is 2. The molecule has 2 aliphatic carbocycles. The predicted octanol–water partition coefficient (Wildman–Crippen LogP) is 7.48. The van der Waals surface area contributed by atoms with E-state index >= 15 is 0 Å². The zero-order valence-electron chi connectivity index (χ0n) is 26.8. The smallest absolute Gasteiger partial charge is 0.130 e. The molecule has 3 aromatic carbocycles. The molecule has 0 aromatic heterocycles. The van der Waals surface area contributed by atoms with E-state index in [2.05, 4.69) is 48.5 Å². The molecule has 1 aliphatic heterocycles. The Labute approximate surface area is 268 Å². The second kappa shape index (κ2) is 15.1. The summed E-state index contributed by atoms with van der Waals surface area (Å²) in [4.78, 5) is 0. The van der Waals surface area contributed by atoms with Gasteiger partial charge in [0, 0.05) is 11.1 Å². The Morgan fingerprint density at radius 3 is 1.53 bits per heavy atom. The van der Waals surface area contributed by atoms with Gasteiger partial charge in [0.05, 0.1) is 66.1 Å². The van der Waals surface area contributed by atoms with Gasteiger partial charge < -0.3 is 33.2 Å². The molecule has 6 rings (SSSR count). The first-order chi connectivity index (χ1) is 22.2. The fourth-order valence-electron chi connectivity index (χ4n) is 7.62. The average molecular weight is 617 g/mol. The van der Waals surface area contributed by atoms with Gasteiger partial charge in [-0.15, -0.1) is 0 Å². The Balaban J connectivity index is 1.36. The minimum Gasteiger partial charge on any atom is -0.497 e. The van der Waals surface area contributed by atoms with Crippen molar-refractivity contribution in [3.8, 4) is 11.5 Å². The van der Waals surface area contributed by atoms with E-state index in [1.54, 1.807) is 14.2 Å². The van der Waals surface area contributed by atoms with Crippen LogP contribution in [0.1, 0.15) is 73.6 Å². The highest BCUT2D eigenvalue weighted by Gasteiger charge is 2.46. The van der Waals surface area contributed by atoms with Crippen molar-refractivity contribution in [2.45, 2.75) is 88.0 Å². The lowest BCUT2D eigenvalue weighted by Gasteiger charge is -2.44. The van der Waals surface area contributed by atoms with Crippen LogP contribution < -0.4 is 9.47 Å². The summed E-state index contributed by atoms with van der Waals surface area (Å²) in [6.45, 7) is 2.64. The highest BCUT2D eigenvalue weighted by atomic mass is 16.6. The summed E-state index contributed by atoms with van der Waals surface area (Å²) in [7, 11) is 3.42. The van der Waals surface area contributed by atoms with Crippen LogP contribution >= 0.6 is 0 Å². The molecule has 7 nitrogen and oxygen atoms in total. The van der Waals surface area contributed by atoms with Crippen molar-refractivity contribution < 1.29 is 33.2 Å². The first-order valence-electron chi connectivity index (χ1n) is 16.6. The van der Waals surface area contributed by atoms with Crippen LogP contribution in [0.25, 0.3) is 0 Å². The first-order valence-corrected chi connectivity index (χ1v) is 16.6. The Morgan fingerprint density at radius 1 is 0.600 bits per heavy atom. The summed E-state index contributed by atoms with van der Waals surface area (Å²) in [5.41, 5.74) is 3.04. The second-order valence-electron chi connectivity index (χ2n) is 12.4. The predicted molar refractivity (Wildman–Crippen MR) is 173 cm³/mol. The van der Waals surface area contributed by atoms with E-state index in [4.69, 9.17) is 33.2 Å². The van der Waals surface area contributed by atoms with Crippen LogP contribution in [0, 0.1) is 0 Å². The van der Waals surface area contributed by atoms with E-state index in [0.717, 1.165) is 85.1 Å². The largest absolute Gasteiger partial charge is 0.497 e. The number of benzene rings is 3. The van der Waals surface area contributed by atoms with Crippen molar-refractivity contribution in [2.24, 2.45) is 0 Å². The van der Waals surface area contributed by atoms with Crippen LogP contribution in [0.15, 0.2) is 72.8 Å². The van der Waals surface area contributed by atoms with Gasteiger partial charge in [-0.3, -0.25) is 0 Å². The molecule has 0 unspecified atom stereocenters. The molecular formula is C38H48O7. The molecular weight excluding hydrogens is 568 g/mol. The van der Waals surface area contributed by atoms with Gasteiger partial charge in [0.15, 0.2) is 0 Å². The molecule has 45 heavy (non-hydrogen) atoms. The summed E-state index contributed by atoms with van der Waals surface area (Å²) >= 11 is 0. The molecule has 0 N–H and O–H groups in total. The maximum atomic E-state index is 6.83. The third-order valence-corrected chi connectivity index (χ3v) is 9.80. The SMILES string of the molecule is COc1cc2c(OC)c(c1)CO[C@@H]1CCCC[C@]1(c1ccccc1)OCCOCCO[C@@]1(c3ccccc3)CCCC[C@H]1OC2. The van der Waals surface area contributed by atoms with E-state index in [1.807, 2.05) is 24.3 Å². The van der Waals surface area contributed by atoms with Crippen molar-refractivity contribution >= 4 is 0 Å². The zero-order valence-corrected chi connectivity index (χ0v) is 26.8. The Morgan fingerprint density at radius 2 is 1.09 bits per heavy atom. The third-order valence-electron chi connectivity index (χ3n) is 9.80. The molecule has 4 atom stereocenters. The summed E-state index contributed by atoms with van der Waals surface area (Å²) < 4.78 is 45.3. The van der Waals surface area contributed by atoms with E-state index in [0.29, 0.717) is 39.6 Å². The van der Waals surface area contributed by atoms with Gasteiger partial charge in [0.25, 0.3) is 0 Å². The lowest BCUT2D eigenvalue weighted by atomic mass is 9.77. The Kier molecular flexibility index (Phi) is 10.7. The third kappa shape index (κ3) is 6.93. The molecule has 2 saturated carbocycles. The molecule has 0 saturated heterocycles. The van der Waals surface area contributed by atoms with E-state index < -0.39 is 11.2 Å². The van der Waals surface area contributed by atoms with Crippen molar-refractivity contribution in [1.82, 2.24) is 0 Å². The van der Waals surface area contributed by atoms with Crippen LogP contribution in [0.3, 0.4) is 0 Å².